The normalized spacial score (nSPS) is 25.2. The summed E-state index contributed by atoms with van der Waals surface area (Å²) in [5, 5.41) is 2.67. The molecular weight excluding hydrogens is 321 g/mol. The Labute approximate surface area is 138 Å². The molecule has 1 aromatic rings. The third kappa shape index (κ3) is 3.90. The zero-order chi connectivity index (χ0) is 17.9. The number of carbonyl (C=O) groups excluding carboxylic acids is 1. The lowest BCUT2D eigenvalue weighted by Gasteiger charge is -2.37. The van der Waals surface area contributed by atoms with Gasteiger partial charge in [-0.05, 0) is 32.1 Å². The number of nitrogens with one attached hydrogen (secondary N) is 2. The predicted octanol–water partition coefficient (Wildman–Crippen LogP) is 0.452. The SMILES string of the molecule is COC1CCC(C(C)NC(=O)n2cc(F)c(=O)[nH]c2=O)CC1OC. The first kappa shape index (κ1) is 18.3. The van der Waals surface area contributed by atoms with Gasteiger partial charge in [0.25, 0.3) is 5.56 Å². The summed E-state index contributed by atoms with van der Waals surface area (Å²) in [5.41, 5.74) is -2.14. The number of hydrogen-bond acceptors (Lipinski definition) is 5. The molecule has 1 aliphatic carbocycles. The van der Waals surface area contributed by atoms with Gasteiger partial charge in [-0.3, -0.25) is 9.78 Å². The van der Waals surface area contributed by atoms with E-state index in [2.05, 4.69) is 5.32 Å². The number of methoxy groups -OCH3 is 2. The second-order valence-electron chi connectivity index (χ2n) is 5.97. The van der Waals surface area contributed by atoms with Crippen LogP contribution in [0.15, 0.2) is 15.8 Å². The number of halogens is 1. The van der Waals surface area contributed by atoms with E-state index in [1.165, 1.54) is 0 Å². The van der Waals surface area contributed by atoms with Crippen LogP contribution in [0.5, 0.6) is 0 Å². The maximum Gasteiger partial charge on any atom is 0.336 e. The molecule has 1 saturated carbocycles. The van der Waals surface area contributed by atoms with Crippen molar-refractivity contribution in [2.24, 2.45) is 5.92 Å². The first-order valence-electron chi connectivity index (χ1n) is 7.75. The van der Waals surface area contributed by atoms with E-state index in [4.69, 9.17) is 9.47 Å². The van der Waals surface area contributed by atoms with Crippen LogP contribution in [0.3, 0.4) is 0 Å². The van der Waals surface area contributed by atoms with Gasteiger partial charge in [0.15, 0.2) is 0 Å². The Morgan fingerprint density at radius 1 is 1.33 bits per heavy atom. The fraction of sp³-hybridized carbons (Fsp3) is 0.667. The smallest absolute Gasteiger partial charge is 0.336 e. The summed E-state index contributed by atoms with van der Waals surface area (Å²) in [6.07, 6.45) is 2.86. The van der Waals surface area contributed by atoms with Gasteiger partial charge in [0.2, 0.25) is 5.82 Å². The molecule has 0 spiro atoms. The van der Waals surface area contributed by atoms with Gasteiger partial charge in [0.1, 0.15) is 0 Å². The molecule has 1 aliphatic rings. The van der Waals surface area contributed by atoms with Crippen molar-refractivity contribution in [3.63, 3.8) is 0 Å². The summed E-state index contributed by atoms with van der Waals surface area (Å²) in [7, 11) is 3.25. The molecule has 1 amide bonds. The number of aromatic amines is 1. The second kappa shape index (κ2) is 7.71. The number of rotatable bonds is 4. The number of hydrogen-bond donors (Lipinski definition) is 2. The van der Waals surface area contributed by atoms with E-state index >= 15 is 0 Å². The van der Waals surface area contributed by atoms with Crippen molar-refractivity contribution in [3.05, 3.63) is 32.9 Å². The molecule has 2 rings (SSSR count). The molecule has 8 nitrogen and oxygen atoms in total. The van der Waals surface area contributed by atoms with Crippen molar-refractivity contribution in [1.29, 1.82) is 0 Å². The fourth-order valence-corrected chi connectivity index (χ4v) is 3.08. The molecule has 0 radical (unpaired) electrons. The minimum absolute atomic E-state index is 0.0186. The van der Waals surface area contributed by atoms with Gasteiger partial charge in [-0.1, -0.05) is 0 Å². The zero-order valence-corrected chi connectivity index (χ0v) is 13.9. The van der Waals surface area contributed by atoms with Crippen LogP contribution in [0, 0.1) is 11.7 Å². The molecule has 0 bridgehead atoms. The van der Waals surface area contributed by atoms with Crippen molar-refractivity contribution < 1.29 is 18.7 Å². The molecule has 1 fully saturated rings. The van der Waals surface area contributed by atoms with Crippen LogP contribution in [-0.2, 0) is 9.47 Å². The average Bonchev–Trinajstić information content (AvgIpc) is 2.57. The summed E-state index contributed by atoms with van der Waals surface area (Å²) >= 11 is 0. The van der Waals surface area contributed by atoms with Gasteiger partial charge in [-0.2, -0.15) is 4.39 Å². The molecule has 9 heteroatoms. The van der Waals surface area contributed by atoms with Gasteiger partial charge in [0.05, 0.1) is 18.4 Å². The van der Waals surface area contributed by atoms with Gasteiger partial charge < -0.3 is 14.8 Å². The lowest BCUT2D eigenvalue weighted by atomic mass is 9.81. The zero-order valence-electron chi connectivity index (χ0n) is 13.9. The molecule has 0 aliphatic heterocycles. The summed E-state index contributed by atoms with van der Waals surface area (Å²) in [4.78, 5) is 36.5. The quantitative estimate of drug-likeness (QED) is 0.826. The highest BCUT2D eigenvalue weighted by Gasteiger charge is 2.33. The molecule has 4 unspecified atom stereocenters. The molecule has 1 aromatic heterocycles. The highest BCUT2D eigenvalue weighted by Crippen LogP contribution is 2.30. The summed E-state index contributed by atoms with van der Waals surface area (Å²) < 4.78 is 24.6. The number of nitrogens with zero attached hydrogens (tertiary/aromatic N) is 1. The first-order chi connectivity index (χ1) is 11.4. The summed E-state index contributed by atoms with van der Waals surface area (Å²) in [6.45, 7) is 1.81. The minimum atomic E-state index is -1.20. The lowest BCUT2D eigenvalue weighted by Crippen LogP contribution is -2.48. The van der Waals surface area contributed by atoms with Crippen molar-refractivity contribution in [2.45, 2.75) is 44.4 Å². The Morgan fingerprint density at radius 3 is 2.62 bits per heavy atom. The van der Waals surface area contributed by atoms with Crippen LogP contribution in [0.1, 0.15) is 26.2 Å². The number of carbonyl (C=O) groups is 1. The van der Waals surface area contributed by atoms with Crippen molar-refractivity contribution >= 4 is 6.03 Å². The molecule has 0 saturated heterocycles. The number of H-pyrrole nitrogens is 1. The van der Waals surface area contributed by atoms with E-state index in [9.17, 15) is 18.8 Å². The van der Waals surface area contributed by atoms with Gasteiger partial charge >= 0.3 is 11.7 Å². The van der Waals surface area contributed by atoms with E-state index in [-0.39, 0.29) is 24.2 Å². The van der Waals surface area contributed by atoms with E-state index in [1.54, 1.807) is 19.2 Å². The minimum Gasteiger partial charge on any atom is -0.379 e. The average molecular weight is 343 g/mol. The van der Waals surface area contributed by atoms with E-state index in [1.807, 2.05) is 6.92 Å². The van der Waals surface area contributed by atoms with Crippen LogP contribution in [0.2, 0.25) is 0 Å². The van der Waals surface area contributed by atoms with Crippen LogP contribution in [0.4, 0.5) is 9.18 Å². The Balaban J connectivity index is 2.06. The standard InChI is InChI=1S/C15H22FN3O5/c1-8(9-4-5-11(23-2)12(6-9)24-3)17-14(21)19-7-10(16)13(20)18-15(19)22/h7-9,11-12H,4-6H2,1-3H3,(H,17,21)(H,18,20,22). The summed E-state index contributed by atoms with van der Waals surface area (Å²) in [6, 6.07) is -1.04. The molecule has 1 heterocycles. The number of amides is 1. The third-order valence-corrected chi connectivity index (χ3v) is 4.55. The monoisotopic (exact) mass is 343 g/mol. The predicted molar refractivity (Wildman–Crippen MR) is 83.6 cm³/mol. The van der Waals surface area contributed by atoms with Crippen molar-refractivity contribution in [3.8, 4) is 0 Å². The molecule has 134 valence electrons. The van der Waals surface area contributed by atoms with Gasteiger partial charge in [-0.25, -0.2) is 14.2 Å². The highest BCUT2D eigenvalue weighted by molar-refractivity contribution is 5.76. The van der Waals surface area contributed by atoms with E-state index in [0.717, 1.165) is 12.8 Å². The first-order valence-corrected chi connectivity index (χ1v) is 7.75. The Kier molecular flexibility index (Phi) is 5.89. The van der Waals surface area contributed by atoms with Gasteiger partial charge in [-0.15, -0.1) is 0 Å². The molecule has 4 atom stereocenters. The van der Waals surface area contributed by atoms with Crippen LogP contribution in [-0.4, -0.2) is 48.1 Å². The summed E-state index contributed by atoms with van der Waals surface area (Å²) in [5.74, 6) is -1.06. The van der Waals surface area contributed by atoms with E-state index in [0.29, 0.717) is 17.2 Å². The van der Waals surface area contributed by atoms with Crippen LogP contribution < -0.4 is 16.6 Å². The molecular formula is C15H22FN3O5. The molecule has 2 N–H and O–H groups in total. The largest absolute Gasteiger partial charge is 0.379 e. The van der Waals surface area contributed by atoms with Crippen LogP contribution in [0.25, 0.3) is 0 Å². The maximum atomic E-state index is 13.3. The topological polar surface area (TPSA) is 102 Å². The second-order valence-corrected chi connectivity index (χ2v) is 5.97. The van der Waals surface area contributed by atoms with E-state index < -0.39 is 23.1 Å². The Bertz CT molecular complexity index is 701. The Hall–Kier alpha value is -2.00. The fourth-order valence-electron chi connectivity index (χ4n) is 3.08. The number of aromatic nitrogens is 2. The number of ether oxygens (including phenoxy) is 2. The maximum absolute atomic E-state index is 13.3. The van der Waals surface area contributed by atoms with Crippen molar-refractivity contribution in [2.75, 3.05) is 14.2 Å². The Morgan fingerprint density at radius 2 is 2.00 bits per heavy atom. The van der Waals surface area contributed by atoms with Crippen LogP contribution >= 0.6 is 0 Å². The molecule has 0 aromatic carbocycles. The highest BCUT2D eigenvalue weighted by atomic mass is 19.1. The lowest BCUT2D eigenvalue weighted by molar-refractivity contribution is -0.0730. The molecule has 24 heavy (non-hydrogen) atoms. The third-order valence-electron chi connectivity index (χ3n) is 4.55. The van der Waals surface area contributed by atoms with Crippen molar-refractivity contribution in [1.82, 2.24) is 14.9 Å². The van der Waals surface area contributed by atoms with Gasteiger partial charge in [0, 0.05) is 20.3 Å².